The van der Waals surface area contributed by atoms with E-state index in [9.17, 15) is 18.0 Å². The zero-order valence-electron chi connectivity index (χ0n) is 22.4. The van der Waals surface area contributed by atoms with E-state index in [4.69, 9.17) is 9.72 Å². The summed E-state index contributed by atoms with van der Waals surface area (Å²) in [6, 6.07) is 10.9. The Bertz CT molecular complexity index is 1740. The maximum atomic E-state index is 14.2. The van der Waals surface area contributed by atoms with Gasteiger partial charge in [-0.3, -0.25) is 14.4 Å². The van der Waals surface area contributed by atoms with Crippen LogP contribution in [0.2, 0.25) is 0 Å². The zero-order chi connectivity index (χ0) is 28.7. The molecule has 0 aliphatic carbocycles. The molecule has 6 rings (SSSR count). The van der Waals surface area contributed by atoms with Crippen molar-refractivity contribution in [2.75, 3.05) is 33.3 Å². The lowest BCUT2D eigenvalue weighted by atomic mass is 10.1. The first-order valence-electron chi connectivity index (χ1n) is 13.0. The minimum atomic E-state index is -1.21. The number of hydrogen-bond donors (Lipinski definition) is 0. The predicted molar refractivity (Wildman–Crippen MR) is 145 cm³/mol. The van der Waals surface area contributed by atoms with E-state index in [-0.39, 0.29) is 18.0 Å². The van der Waals surface area contributed by atoms with Crippen LogP contribution in [-0.4, -0.2) is 73.4 Å². The number of ether oxygens (including phenoxy) is 1. The number of halogens is 3. The normalized spacial score (nSPS) is 14.1. The molecule has 2 aromatic carbocycles. The number of aryl methyl sites for hydroxylation is 1. The van der Waals surface area contributed by atoms with Gasteiger partial charge in [0.15, 0.2) is 17.3 Å². The fraction of sp³-hybridized carbons (Fsp3) is 0.241. The van der Waals surface area contributed by atoms with Gasteiger partial charge < -0.3 is 9.64 Å². The average molecular weight is 562 g/mol. The van der Waals surface area contributed by atoms with Crippen LogP contribution in [0.25, 0.3) is 28.2 Å². The molecule has 0 atom stereocenters. The van der Waals surface area contributed by atoms with E-state index >= 15 is 0 Å². The predicted octanol–water partition coefficient (Wildman–Crippen LogP) is 4.18. The lowest BCUT2D eigenvalue weighted by molar-refractivity contribution is 0.0628. The number of hydrogen-bond acceptors (Lipinski definition) is 6. The van der Waals surface area contributed by atoms with Crippen LogP contribution in [-0.2, 0) is 13.6 Å². The van der Waals surface area contributed by atoms with Crippen LogP contribution in [0.4, 0.5) is 13.2 Å². The van der Waals surface area contributed by atoms with Crippen molar-refractivity contribution in [3.63, 3.8) is 0 Å². The quantitative estimate of drug-likeness (QED) is 0.290. The van der Waals surface area contributed by atoms with E-state index in [0.29, 0.717) is 54.9 Å². The van der Waals surface area contributed by atoms with Crippen molar-refractivity contribution in [1.29, 1.82) is 0 Å². The Balaban J connectivity index is 1.28. The summed E-state index contributed by atoms with van der Waals surface area (Å²) in [4.78, 5) is 22.1. The molecule has 9 nitrogen and oxygen atoms in total. The minimum absolute atomic E-state index is 0.0422. The maximum Gasteiger partial charge on any atom is 0.259 e. The molecule has 0 unspecified atom stereocenters. The van der Waals surface area contributed by atoms with Crippen LogP contribution in [0.3, 0.4) is 0 Å². The van der Waals surface area contributed by atoms with E-state index in [1.54, 1.807) is 27.4 Å². The number of fused-ring (bicyclic) bond motifs is 1. The summed E-state index contributed by atoms with van der Waals surface area (Å²) in [5, 5.41) is 8.79. The summed E-state index contributed by atoms with van der Waals surface area (Å²) in [6.45, 7) is 1.56. The first-order chi connectivity index (χ1) is 19.8. The first-order valence-corrected chi connectivity index (χ1v) is 13.0. The molecule has 0 spiro atoms. The second kappa shape index (κ2) is 10.7. The van der Waals surface area contributed by atoms with Gasteiger partial charge in [0, 0.05) is 68.7 Å². The molecule has 12 heteroatoms. The summed E-state index contributed by atoms with van der Waals surface area (Å²) in [7, 11) is 3.42. The average Bonchev–Trinajstić information content (AvgIpc) is 3.61. The van der Waals surface area contributed by atoms with Crippen molar-refractivity contribution in [3.05, 3.63) is 89.6 Å². The topological polar surface area (TPSA) is 80.8 Å². The third-order valence-corrected chi connectivity index (χ3v) is 7.21. The van der Waals surface area contributed by atoms with Gasteiger partial charge >= 0.3 is 0 Å². The van der Waals surface area contributed by atoms with Crippen LogP contribution in [0.5, 0.6) is 5.75 Å². The van der Waals surface area contributed by atoms with Crippen molar-refractivity contribution in [2.45, 2.75) is 6.54 Å². The van der Waals surface area contributed by atoms with Gasteiger partial charge in [0.05, 0.1) is 30.9 Å². The highest BCUT2D eigenvalue weighted by Crippen LogP contribution is 2.29. The number of benzene rings is 2. The molecule has 0 radical (unpaired) electrons. The molecular formula is C29H26F3N7O2. The highest BCUT2D eigenvalue weighted by atomic mass is 19.2. The van der Waals surface area contributed by atoms with Crippen LogP contribution in [0.1, 0.15) is 15.9 Å². The Morgan fingerprint density at radius 3 is 2.39 bits per heavy atom. The molecule has 0 N–H and O–H groups in total. The molecule has 1 aliphatic rings. The van der Waals surface area contributed by atoms with E-state index in [1.165, 1.54) is 6.20 Å². The Kier molecular flexibility index (Phi) is 6.91. The third kappa shape index (κ3) is 5.13. The van der Waals surface area contributed by atoms with Gasteiger partial charge in [0.1, 0.15) is 17.1 Å². The molecule has 0 saturated carbocycles. The van der Waals surface area contributed by atoms with Crippen LogP contribution in [0.15, 0.2) is 61.1 Å². The first kappa shape index (κ1) is 26.5. The number of carbonyl (C=O) groups excluding carboxylic acids is 1. The molecule has 1 amide bonds. The molecule has 4 heterocycles. The van der Waals surface area contributed by atoms with E-state index in [2.05, 4.69) is 10.2 Å². The Morgan fingerprint density at radius 2 is 1.71 bits per heavy atom. The lowest BCUT2D eigenvalue weighted by Gasteiger charge is -2.34. The van der Waals surface area contributed by atoms with E-state index in [0.717, 1.165) is 22.9 Å². The molecule has 1 saturated heterocycles. The van der Waals surface area contributed by atoms with Crippen molar-refractivity contribution in [2.24, 2.45) is 7.05 Å². The second-order valence-corrected chi connectivity index (χ2v) is 9.88. The fourth-order valence-electron chi connectivity index (χ4n) is 5.03. The van der Waals surface area contributed by atoms with Gasteiger partial charge in [-0.15, -0.1) is 0 Å². The van der Waals surface area contributed by atoms with Crippen molar-refractivity contribution >= 4 is 11.6 Å². The number of rotatable bonds is 6. The molecule has 1 aliphatic heterocycles. The Hall–Kier alpha value is -4.71. The van der Waals surface area contributed by atoms with Crippen molar-refractivity contribution in [3.8, 4) is 28.3 Å². The summed E-state index contributed by atoms with van der Waals surface area (Å²) in [5.41, 5.74) is 3.73. The summed E-state index contributed by atoms with van der Waals surface area (Å²) in [6.07, 6.45) is 5.10. The standard InChI is InChI=1S/C29H26F3N7O2/c1-36-16-20(14-33-36)26-13-25(18-3-5-22(41-2)6-4-18)35-28-23(15-34-39(26)28)29(40)38-9-7-37(8-10-38)17-19-11-21(30)12-24(31)27(19)32/h3-6,11-16H,7-10,17H2,1-2H3. The SMILES string of the molecule is COc1ccc(-c2cc(-c3cnn(C)c3)n3ncc(C(=O)N4CCN(Cc5cc(F)cc(F)c5F)CC4)c3n2)cc1. The van der Waals surface area contributed by atoms with Crippen LogP contribution < -0.4 is 4.74 Å². The monoisotopic (exact) mass is 561 g/mol. The van der Waals surface area contributed by atoms with Gasteiger partial charge in [-0.25, -0.2) is 22.7 Å². The maximum absolute atomic E-state index is 14.2. The van der Waals surface area contributed by atoms with Gasteiger partial charge in [0.25, 0.3) is 5.91 Å². The summed E-state index contributed by atoms with van der Waals surface area (Å²) >= 11 is 0. The van der Waals surface area contributed by atoms with Crippen molar-refractivity contribution in [1.82, 2.24) is 34.2 Å². The number of carbonyl (C=O) groups is 1. The van der Waals surface area contributed by atoms with Crippen molar-refractivity contribution < 1.29 is 22.7 Å². The summed E-state index contributed by atoms with van der Waals surface area (Å²) < 4.78 is 50.0. The summed E-state index contributed by atoms with van der Waals surface area (Å²) in [5.74, 6) is -2.62. The second-order valence-electron chi connectivity index (χ2n) is 9.88. The van der Waals surface area contributed by atoms with Gasteiger partial charge in [-0.05, 0) is 36.4 Å². The number of nitrogens with zero attached hydrogens (tertiary/aromatic N) is 7. The number of aromatic nitrogens is 5. The largest absolute Gasteiger partial charge is 0.497 e. The molecule has 5 aromatic rings. The van der Waals surface area contributed by atoms with Gasteiger partial charge in [-0.1, -0.05) is 0 Å². The number of piperazine rings is 1. The molecule has 0 bridgehead atoms. The molecule has 41 heavy (non-hydrogen) atoms. The Labute approximate surface area is 233 Å². The fourth-order valence-corrected chi connectivity index (χ4v) is 5.03. The number of amides is 1. The Morgan fingerprint density at radius 1 is 0.951 bits per heavy atom. The third-order valence-electron chi connectivity index (χ3n) is 7.21. The van der Waals surface area contributed by atoms with Crippen LogP contribution in [0, 0.1) is 17.5 Å². The molecule has 3 aromatic heterocycles. The molecular weight excluding hydrogens is 535 g/mol. The van der Waals surface area contributed by atoms with Gasteiger partial charge in [-0.2, -0.15) is 10.2 Å². The smallest absolute Gasteiger partial charge is 0.259 e. The van der Waals surface area contributed by atoms with E-state index < -0.39 is 17.5 Å². The number of methoxy groups -OCH3 is 1. The van der Waals surface area contributed by atoms with E-state index in [1.807, 2.05) is 48.5 Å². The highest BCUT2D eigenvalue weighted by Gasteiger charge is 2.27. The lowest BCUT2D eigenvalue weighted by Crippen LogP contribution is -2.48. The van der Waals surface area contributed by atoms with Crippen LogP contribution >= 0.6 is 0 Å². The van der Waals surface area contributed by atoms with Gasteiger partial charge in [0.2, 0.25) is 0 Å². The highest BCUT2D eigenvalue weighted by molar-refractivity contribution is 6.00. The zero-order valence-corrected chi connectivity index (χ0v) is 22.4. The minimum Gasteiger partial charge on any atom is -0.497 e. The molecule has 210 valence electrons. The molecule has 1 fully saturated rings.